The summed E-state index contributed by atoms with van der Waals surface area (Å²) < 4.78 is 2.42. The summed E-state index contributed by atoms with van der Waals surface area (Å²) in [6.07, 6.45) is 21.3. The molecular weight excluding hydrogens is 382 g/mol. The van der Waals surface area contributed by atoms with Gasteiger partial charge in [-0.05, 0) is 43.5 Å². The molecule has 0 aliphatic carbocycles. The van der Waals surface area contributed by atoms with Crippen LogP contribution in [0, 0.1) is 0 Å². The molecule has 0 aliphatic heterocycles. The minimum atomic E-state index is -0.846. The van der Waals surface area contributed by atoms with Crippen LogP contribution in [0.3, 0.4) is 0 Å². The van der Waals surface area contributed by atoms with E-state index in [9.17, 15) is 9.90 Å². The van der Waals surface area contributed by atoms with Crippen molar-refractivity contribution in [1.82, 2.24) is 4.57 Å². The van der Waals surface area contributed by atoms with Crippen molar-refractivity contribution in [2.24, 2.45) is 0 Å². The summed E-state index contributed by atoms with van der Waals surface area (Å²) in [5.41, 5.74) is 2.94. The van der Waals surface area contributed by atoms with E-state index >= 15 is 0 Å². The molecule has 2 aromatic rings. The zero-order valence-electron chi connectivity index (χ0n) is 20.1. The van der Waals surface area contributed by atoms with Crippen LogP contribution >= 0.6 is 0 Å². The number of benzene rings is 1. The number of carboxylic acid groups (broad SMARTS) is 1. The van der Waals surface area contributed by atoms with E-state index in [1.165, 1.54) is 101 Å². The monoisotopic (exact) mass is 427 g/mol. The van der Waals surface area contributed by atoms with Gasteiger partial charge in [0.2, 0.25) is 0 Å². The number of hydrogen-bond acceptors (Lipinski definition) is 1. The van der Waals surface area contributed by atoms with Crippen molar-refractivity contribution in [1.29, 1.82) is 0 Å². The highest BCUT2D eigenvalue weighted by Gasteiger charge is 2.11. The molecule has 31 heavy (non-hydrogen) atoms. The van der Waals surface area contributed by atoms with Gasteiger partial charge < -0.3 is 9.67 Å². The van der Waals surface area contributed by atoms with Crippen LogP contribution in [-0.2, 0) is 13.0 Å². The number of aromatic nitrogens is 1. The zero-order chi connectivity index (χ0) is 22.3. The highest BCUT2D eigenvalue weighted by atomic mass is 16.4. The van der Waals surface area contributed by atoms with E-state index in [2.05, 4.69) is 24.5 Å². The Morgan fingerprint density at radius 2 is 1.29 bits per heavy atom. The number of aryl methyl sites for hydroxylation is 2. The van der Waals surface area contributed by atoms with E-state index in [1.807, 2.05) is 12.1 Å². The Morgan fingerprint density at radius 1 is 0.742 bits per heavy atom. The Balaban J connectivity index is 1.69. The van der Waals surface area contributed by atoms with Gasteiger partial charge in [-0.15, -0.1) is 0 Å². The number of nitrogens with zero attached hydrogens (tertiary/aromatic N) is 1. The SMILES string of the molecule is CCCCCCCCCCCCCCCc1cc2cc(C(=O)O)ccc2n1CCCC. The maximum absolute atomic E-state index is 11.3. The van der Waals surface area contributed by atoms with Gasteiger partial charge in [-0.3, -0.25) is 0 Å². The Bertz CT molecular complexity index is 762. The minimum absolute atomic E-state index is 0.382. The van der Waals surface area contributed by atoms with E-state index < -0.39 is 5.97 Å². The summed E-state index contributed by atoms with van der Waals surface area (Å²) >= 11 is 0. The lowest BCUT2D eigenvalue weighted by Gasteiger charge is -2.10. The number of unbranched alkanes of at least 4 members (excludes halogenated alkanes) is 13. The topological polar surface area (TPSA) is 42.2 Å². The number of fused-ring (bicyclic) bond motifs is 1. The van der Waals surface area contributed by atoms with Crippen LogP contribution < -0.4 is 0 Å². The van der Waals surface area contributed by atoms with Gasteiger partial charge in [0, 0.05) is 23.1 Å². The molecule has 0 spiro atoms. The van der Waals surface area contributed by atoms with Crippen LogP contribution in [0.4, 0.5) is 0 Å². The molecule has 1 aromatic heterocycles. The molecular formula is C28H45NO2. The summed E-state index contributed by atoms with van der Waals surface area (Å²) in [6.45, 7) is 5.53. The molecule has 0 saturated carbocycles. The van der Waals surface area contributed by atoms with Gasteiger partial charge in [0.15, 0.2) is 0 Å². The summed E-state index contributed by atoms with van der Waals surface area (Å²) in [5, 5.41) is 10.4. The molecule has 3 nitrogen and oxygen atoms in total. The summed E-state index contributed by atoms with van der Waals surface area (Å²) in [7, 11) is 0. The minimum Gasteiger partial charge on any atom is -0.478 e. The molecule has 3 heteroatoms. The molecule has 1 aromatic carbocycles. The van der Waals surface area contributed by atoms with Crippen LogP contribution in [0.5, 0.6) is 0 Å². The van der Waals surface area contributed by atoms with E-state index in [0.717, 1.165) is 24.8 Å². The zero-order valence-corrected chi connectivity index (χ0v) is 20.1. The molecule has 0 radical (unpaired) electrons. The highest BCUT2D eigenvalue weighted by molar-refractivity contribution is 5.94. The molecule has 0 bridgehead atoms. The van der Waals surface area contributed by atoms with Crippen LogP contribution in [0.2, 0.25) is 0 Å². The number of carboxylic acids is 1. The van der Waals surface area contributed by atoms with Crippen molar-refractivity contribution in [3.63, 3.8) is 0 Å². The van der Waals surface area contributed by atoms with Gasteiger partial charge in [-0.25, -0.2) is 4.79 Å². The van der Waals surface area contributed by atoms with Crippen LogP contribution in [-0.4, -0.2) is 15.6 Å². The normalized spacial score (nSPS) is 11.4. The molecule has 0 atom stereocenters. The molecule has 1 heterocycles. The van der Waals surface area contributed by atoms with Gasteiger partial charge in [0.1, 0.15) is 0 Å². The average Bonchev–Trinajstić information content (AvgIpc) is 3.11. The summed E-state index contributed by atoms with van der Waals surface area (Å²) in [5.74, 6) is -0.846. The smallest absolute Gasteiger partial charge is 0.335 e. The Hall–Kier alpha value is -1.77. The lowest BCUT2D eigenvalue weighted by Crippen LogP contribution is -2.03. The van der Waals surface area contributed by atoms with Gasteiger partial charge in [-0.1, -0.05) is 97.3 Å². The van der Waals surface area contributed by atoms with Crippen LogP contribution in [0.15, 0.2) is 24.3 Å². The lowest BCUT2D eigenvalue weighted by molar-refractivity contribution is 0.0697. The van der Waals surface area contributed by atoms with Crippen LogP contribution in [0.25, 0.3) is 10.9 Å². The molecule has 0 fully saturated rings. The maximum atomic E-state index is 11.3. The molecule has 174 valence electrons. The number of carbonyl (C=O) groups is 1. The molecule has 0 aliphatic rings. The first-order valence-corrected chi connectivity index (χ1v) is 13.0. The quantitative estimate of drug-likeness (QED) is 0.241. The Morgan fingerprint density at radius 3 is 1.84 bits per heavy atom. The predicted molar refractivity (Wildman–Crippen MR) is 133 cm³/mol. The van der Waals surface area contributed by atoms with Gasteiger partial charge >= 0.3 is 5.97 Å². The third-order valence-electron chi connectivity index (χ3n) is 6.51. The first-order valence-electron chi connectivity index (χ1n) is 13.0. The molecule has 0 amide bonds. The van der Waals surface area contributed by atoms with E-state index in [-0.39, 0.29) is 0 Å². The second-order valence-corrected chi connectivity index (χ2v) is 9.21. The number of aromatic carboxylic acids is 1. The number of rotatable bonds is 18. The van der Waals surface area contributed by atoms with Crippen molar-refractivity contribution >= 4 is 16.9 Å². The molecule has 1 N–H and O–H groups in total. The molecule has 0 saturated heterocycles. The summed E-state index contributed by atoms with van der Waals surface area (Å²) in [6, 6.07) is 7.77. The maximum Gasteiger partial charge on any atom is 0.335 e. The fourth-order valence-electron chi connectivity index (χ4n) is 4.57. The predicted octanol–water partition coefficient (Wildman–Crippen LogP) is 8.77. The van der Waals surface area contributed by atoms with E-state index in [1.54, 1.807) is 6.07 Å². The van der Waals surface area contributed by atoms with Crippen molar-refractivity contribution in [3.05, 3.63) is 35.5 Å². The van der Waals surface area contributed by atoms with Gasteiger partial charge in [0.25, 0.3) is 0 Å². The average molecular weight is 428 g/mol. The second-order valence-electron chi connectivity index (χ2n) is 9.21. The third-order valence-corrected chi connectivity index (χ3v) is 6.51. The Kier molecular flexibility index (Phi) is 12.4. The largest absolute Gasteiger partial charge is 0.478 e. The van der Waals surface area contributed by atoms with Gasteiger partial charge in [0.05, 0.1) is 5.56 Å². The lowest BCUT2D eigenvalue weighted by atomic mass is 10.0. The van der Waals surface area contributed by atoms with Crippen LogP contribution in [0.1, 0.15) is 126 Å². The fraction of sp³-hybridized carbons (Fsp3) is 0.679. The number of hydrogen-bond donors (Lipinski definition) is 1. The molecule has 0 unspecified atom stereocenters. The van der Waals surface area contributed by atoms with Crippen molar-refractivity contribution < 1.29 is 9.90 Å². The second kappa shape index (κ2) is 15.1. The fourth-order valence-corrected chi connectivity index (χ4v) is 4.57. The summed E-state index contributed by atoms with van der Waals surface area (Å²) in [4.78, 5) is 11.3. The van der Waals surface area contributed by atoms with Gasteiger partial charge in [-0.2, -0.15) is 0 Å². The first-order chi connectivity index (χ1) is 15.2. The first kappa shape index (κ1) is 25.5. The van der Waals surface area contributed by atoms with Crippen molar-refractivity contribution in [3.8, 4) is 0 Å². The highest BCUT2D eigenvalue weighted by Crippen LogP contribution is 2.24. The third kappa shape index (κ3) is 9.09. The van der Waals surface area contributed by atoms with Crippen molar-refractivity contribution in [2.75, 3.05) is 0 Å². The van der Waals surface area contributed by atoms with E-state index in [4.69, 9.17) is 0 Å². The van der Waals surface area contributed by atoms with E-state index in [0.29, 0.717) is 5.56 Å². The standard InChI is InChI=1S/C28H45NO2/c1-3-5-7-8-9-10-11-12-13-14-15-16-17-18-26-23-25-22-24(28(30)31)19-20-27(25)29(26)21-6-4-2/h19-20,22-23H,3-18,21H2,1-2H3,(H,30,31). The molecule has 2 rings (SSSR count). The van der Waals surface area contributed by atoms with Crippen molar-refractivity contribution in [2.45, 2.75) is 123 Å². The Labute approximate surface area is 190 Å².